The summed E-state index contributed by atoms with van der Waals surface area (Å²) in [5.41, 5.74) is 2.46. The molecule has 22 heavy (non-hydrogen) atoms. The first-order valence-electron chi connectivity index (χ1n) is 6.55. The number of rotatable bonds is 4. The van der Waals surface area contributed by atoms with E-state index in [2.05, 4.69) is 15.6 Å². The zero-order valence-corrected chi connectivity index (χ0v) is 12.6. The lowest BCUT2D eigenvalue weighted by molar-refractivity contribution is -0.157. The Morgan fingerprint density at radius 3 is 2.86 bits per heavy atom. The minimum absolute atomic E-state index is 0.0166. The van der Waals surface area contributed by atoms with E-state index in [1.54, 1.807) is 12.4 Å². The smallest absolute Gasteiger partial charge is 0.333 e. The molecule has 1 aromatic heterocycles. The molecule has 2 N–H and O–H groups in total. The van der Waals surface area contributed by atoms with Crippen LogP contribution in [0, 0.1) is 6.92 Å². The topological polar surface area (TPSA) is 74.3 Å². The van der Waals surface area contributed by atoms with Gasteiger partial charge in [-0.15, -0.1) is 11.3 Å². The lowest BCUT2D eigenvalue weighted by atomic mass is 10.2. The second-order valence-corrected chi connectivity index (χ2v) is 5.84. The first-order chi connectivity index (χ1) is 10.3. The van der Waals surface area contributed by atoms with Gasteiger partial charge in [0.25, 0.3) is 0 Å². The van der Waals surface area contributed by atoms with Crippen LogP contribution in [-0.4, -0.2) is 47.1 Å². The molecule has 0 unspecified atom stereocenters. The van der Waals surface area contributed by atoms with Crippen LogP contribution < -0.4 is 10.6 Å². The summed E-state index contributed by atoms with van der Waals surface area (Å²) < 4.78 is 36.9. The van der Waals surface area contributed by atoms with Gasteiger partial charge in [-0.1, -0.05) is 0 Å². The van der Waals surface area contributed by atoms with Crippen molar-refractivity contribution in [2.24, 2.45) is 0 Å². The number of likely N-dealkylation sites (tertiary alicyclic amines) is 1. The van der Waals surface area contributed by atoms with Crippen LogP contribution >= 0.6 is 11.3 Å². The fourth-order valence-electron chi connectivity index (χ4n) is 2.11. The first-order valence-corrected chi connectivity index (χ1v) is 7.43. The molecule has 0 bridgehead atoms. The molecule has 1 fully saturated rings. The first kappa shape index (κ1) is 16.5. The Morgan fingerprint density at radius 2 is 2.27 bits per heavy atom. The Labute approximate surface area is 128 Å². The van der Waals surface area contributed by atoms with E-state index in [9.17, 15) is 22.8 Å². The van der Waals surface area contributed by atoms with Gasteiger partial charge in [-0.3, -0.25) is 4.79 Å². The van der Waals surface area contributed by atoms with Gasteiger partial charge in [0, 0.05) is 11.4 Å². The van der Waals surface area contributed by atoms with Crippen molar-refractivity contribution in [3.8, 4) is 0 Å². The summed E-state index contributed by atoms with van der Waals surface area (Å²) in [4.78, 5) is 29.1. The molecule has 6 nitrogen and oxygen atoms in total. The van der Waals surface area contributed by atoms with Crippen LogP contribution in [-0.2, 0) is 11.3 Å². The predicted octanol–water partition coefficient (Wildman–Crippen LogP) is 1.41. The maximum atomic E-state index is 12.3. The van der Waals surface area contributed by atoms with E-state index in [0.717, 1.165) is 10.6 Å². The number of hydrogen-bond donors (Lipinski definition) is 2. The molecule has 3 amide bonds. The highest BCUT2D eigenvalue weighted by atomic mass is 32.1. The van der Waals surface area contributed by atoms with Gasteiger partial charge in [0.1, 0.15) is 12.6 Å². The number of thiazole rings is 1. The van der Waals surface area contributed by atoms with Gasteiger partial charge < -0.3 is 15.5 Å². The van der Waals surface area contributed by atoms with Crippen molar-refractivity contribution in [2.75, 3.05) is 13.1 Å². The van der Waals surface area contributed by atoms with Crippen LogP contribution in [0.15, 0.2) is 5.51 Å². The van der Waals surface area contributed by atoms with Crippen molar-refractivity contribution in [3.63, 3.8) is 0 Å². The Hall–Kier alpha value is -1.84. The number of aromatic nitrogens is 1. The highest BCUT2D eigenvalue weighted by Crippen LogP contribution is 2.20. The van der Waals surface area contributed by atoms with Gasteiger partial charge in [0.2, 0.25) is 5.91 Å². The third kappa shape index (κ3) is 4.33. The number of aryl methyl sites for hydroxylation is 1. The van der Waals surface area contributed by atoms with E-state index in [4.69, 9.17) is 0 Å². The standard InChI is InChI=1S/C12H15F3N4O2S/c1-7-9(22-6-17-7)4-16-11(21)18-8-2-3-19(10(8)20)5-12(13,14)15/h6,8H,2-5H2,1H3,(H2,16,18,21)/t8-/m0/s1. The van der Waals surface area contributed by atoms with E-state index < -0.39 is 30.7 Å². The molecule has 10 heteroatoms. The maximum Gasteiger partial charge on any atom is 0.406 e. The van der Waals surface area contributed by atoms with E-state index in [1.165, 1.54) is 11.3 Å². The summed E-state index contributed by atoms with van der Waals surface area (Å²) in [7, 11) is 0. The summed E-state index contributed by atoms with van der Waals surface area (Å²) >= 11 is 1.39. The number of nitrogens with one attached hydrogen (secondary N) is 2. The maximum absolute atomic E-state index is 12.3. The number of amides is 3. The van der Waals surface area contributed by atoms with Crippen LogP contribution in [0.25, 0.3) is 0 Å². The largest absolute Gasteiger partial charge is 0.406 e. The van der Waals surface area contributed by atoms with Crippen molar-refractivity contribution >= 4 is 23.3 Å². The molecule has 2 heterocycles. The van der Waals surface area contributed by atoms with Crippen LogP contribution in [0.1, 0.15) is 17.0 Å². The van der Waals surface area contributed by atoms with Gasteiger partial charge in [0.15, 0.2) is 0 Å². The minimum atomic E-state index is -4.43. The fourth-order valence-corrected chi connectivity index (χ4v) is 2.83. The number of hydrogen-bond acceptors (Lipinski definition) is 4. The SMILES string of the molecule is Cc1ncsc1CNC(=O)N[C@H]1CCN(CC(F)(F)F)C1=O. The second-order valence-electron chi connectivity index (χ2n) is 4.90. The number of halogens is 3. The Morgan fingerprint density at radius 1 is 1.55 bits per heavy atom. The summed E-state index contributed by atoms with van der Waals surface area (Å²) in [5.74, 6) is -0.707. The van der Waals surface area contributed by atoms with E-state index >= 15 is 0 Å². The average molecular weight is 336 g/mol. The summed E-state index contributed by atoms with van der Waals surface area (Å²) in [6.07, 6.45) is -4.27. The molecule has 1 atom stereocenters. The zero-order valence-electron chi connectivity index (χ0n) is 11.7. The van der Waals surface area contributed by atoms with Crippen LogP contribution in [0.4, 0.5) is 18.0 Å². The van der Waals surface area contributed by atoms with Gasteiger partial charge in [-0.05, 0) is 13.3 Å². The van der Waals surface area contributed by atoms with Crippen molar-refractivity contribution in [3.05, 3.63) is 16.1 Å². The second kappa shape index (κ2) is 6.51. The van der Waals surface area contributed by atoms with Crippen LogP contribution in [0.5, 0.6) is 0 Å². The van der Waals surface area contributed by atoms with Gasteiger partial charge in [-0.25, -0.2) is 9.78 Å². The van der Waals surface area contributed by atoms with E-state index in [-0.39, 0.29) is 19.5 Å². The lowest BCUT2D eigenvalue weighted by Crippen LogP contribution is -2.47. The normalized spacial score (nSPS) is 18.6. The van der Waals surface area contributed by atoms with Gasteiger partial charge in [-0.2, -0.15) is 13.2 Å². The predicted molar refractivity (Wildman–Crippen MR) is 73.3 cm³/mol. The minimum Gasteiger partial charge on any atom is -0.333 e. The molecule has 1 aromatic rings. The van der Waals surface area contributed by atoms with Gasteiger partial charge in [0.05, 0.1) is 17.7 Å². The molecule has 0 spiro atoms. The molecule has 122 valence electrons. The quantitative estimate of drug-likeness (QED) is 0.873. The van der Waals surface area contributed by atoms with E-state index in [0.29, 0.717) is 4.90 Å². The summed E-state index contributed by atoms with van der Waals surface area (Å²) in [5, 5.41) is 4.97. The molecule has 2 rings (SSSR count). The molecule has 0 aliphatic carbocycles. The van der Waals surface area contributed by atoms with E-state index in [1.807, 2.05) is 0 Å². The molecule has 0 radical (unpaired) electrons. The Kier molecular flexibility index (Phi) is 4.89. The van der Waals surface area contributed by atoms with Crippen LogP contribution in [0.2, 0.25) is 0 Å². The highest BCUT2D eigenvalue weighted by molar-refractivity contribution is 7.09. The number of alkyl halides is 3. The lowest BCUT2D eigenvalue weighted by Gasteiger charge is -2.18. The fraction of sp³-hybridized carbons (Fsp3) is 0.583. The number of carbonyl (C=O) groups excluding carboxylic acids is 2. The molecule has 0 saturated carbocycles. The Bertz CT molecular complexity index is 561. The number of urea groups is 1. The molecule has 1 aliphatic heterocycles. The van der Waals surface area contributed by atoms with Crippen molar-refractivity contribution < 1.29 is 22.8 Å². The third-order valence-corrected chi connectivity index (χ3v) is 4.16. The van der Waals surface area contributed by atoms with Crippen molar-refractivity contribution in [2.45, 2.75) is 32.1 Å². The average Bonchev–Trinajstić information content (AvgIpc) is 2.95. The molecule has 0 aromatic carbocycles. The zero-order chi connectivity index (χ0) is 16.3. The number of nitrogens with zero attached hydrogens (tertiary/aromatic N) is 2. The highest BCUT2D eigenvalue weighted by Gasteiger charge is 2.39. The van der Waals surface area contributed by atoms with Crippen molar-refractivity contribution in [1.29, 1.82) is 0 Å². The number of carbonyl (C=O) groups is 2. The molecule has 1 saturated heterocycles. The Balaban J connectivity index is 1.80. The molecular formula is C12H15F3N4O2S. The third-order valence-electron chi connectivity index (χ3n) is 3.23. The van der Waals surface area contributed by atoms with Crippen molar-refractivity contribution in [1.82, 2.24) is 20.5 Å². The molecular weight excluding hydrogens is 321 g/mol. The summed E-state index contributed by atoms with van der Waals surface area (Å²) in [6, 6.07) is -1.50. The van der Waals surface area contributed by atoms with Crippen LogP contribution in [0.3, 0.4) is 0 Å². The molecule has 1 aliphatic rings. The summed E-state index contributed by atoms with van der Waals surface area (Å²) in [6.45, 7) is 0.763. The van der Waals surface area contributed by atoms with Gasteiger partial charge >= 0.3 is 12.2 Å². The monoisotopic (exact) mass is 336 g/mol.